The smallest absolute Gasteiger partial charge is 0.123 e. The predicted molar refractivity (Wildman–Crippen MR) is 72.6 cm³/mol. The molecule has 0 spiro atoms. The second kappa shape index (κ2) is 6.41. The van der Waals surface area contributed by atoms with Crippen molar-refractivity contribution in [3.63, 3.8) is 0 Å². The Morgan fingerprint density at radius 3 is 2.82 bits per heavy atom. The van der Waals surface area contributed by atoms with Crippen LogP contribution in [0.1, 0.15) is 25.3 Å². The van der Waals surface area contributed by atoms with Crippen molar-refractivity contribution in [3.05, 3.63) is 28.2 Å². The quantitative estimate of drug-likeness (QED) is 0.841. The SMILES string of the molecule is CCc1ccc(Br)cc1OCC1CCOCC1. The summed E-state index contributed by atoms with van der Waals surface area (Å²) in [6.45, 7) is 4.73. The Balaban J connectivity index is 1.95. The van der Waals surface area contributed by atoms with Crippen LogP contribution in [0.2, 0.25) is 0 Å². The van der Waals surface area contributed by atoms with Crippen molar-refractivity contribution in [2.24, 2.45) is 5.92 Å². The van der Waals surface area contributed by atoms with Crippen molar-refractivity contribution in [2.75, 3.05) is 19.8 Å². The lowest BCUT2D eigenvalue weighted by molar-refractivity contribution is 0.0496. The topological polar surface area (TPSA) is 18.5 Å². The molecule has 2 nitrogen and oxygen atoms in total. The van der Waals surface area contributed by atoms with E-state index in [4.69, 9.17) is 9.47 Å². The lowest BCUT2D eigenvalue weighted by Crippen LogP contribution is -2.21. The van der Waals surface area contributed by atoms with Crippen LogP contribution in [-0.2, 0) is 11.2 Å². The van der Waals surface area contributed by atoms with Gasteiger partial charge in [-0.05, 0) is 42.9 Å². The summed E-state index contributed by atoms with van der Waals surface area (Å²) in [5.74, 6) is 1.67. The minimum atomic E-state index is 0.646. The summed E-state index contributed by atoms with van der Waals surface area (Å²) in [7, 11) is 0. The summed E-state index contributed by atoms with van der Waals surface area (Å²) in [5, 5.41) is 0. The molecule has 0 radical (unpaired) electrons. The van der Waals surface area contributed by atoms with Crippen molar-refractivity contribution < 1.29 is 9.47 Å². The normalized spacial score (nSPS) is 17.1. The molecule has 1 saturated heterocycles. The average molecular weight is 299 g/mol. The highest BCUT2D eigenvalue weighted by Crippen LogP contribution is 2.25. The second-order valence-electron chi connectivity index (χ2n) is 4.47. The Morgan fingerprint density at radius 2 is 2.12 bits per heavy atom. The molecule has 0 aliphatic carbocycles. The summed E-state index contributed by atoms with van der Waals surface area (Å²) in [5.41, 5.74) is 1.28. The van der Waals surface area contributed by atoms with Crippen LogP contribution in [0.15, 0.2) is 22.7 Å². The van der Waals surface area contributed by atoms with E-state index < -0.39 is 0 Å². The van der Waals surface area contributed by atoms with E-state index in [1.165, 1.54) is 5.56 Å². The Labute approximate surface area is 111 Å². The number of aryl methyl sites for hydroxylation is 1. The van der Waals surface area contributed by atoms with E-state index in [9.17, 15) is 0 Å². The van der Waals surface area contributed by atoms with E-state index in [2.05, 4.69) is 41.1 Å². The molecule has 3 heteroatoms. The molecule has 1 fully saturated rings. The first-order valence-corrected chi connectivity index (χ1v) is 7.08. The Morgan fingerprint density at radius 1 is 1.35 bits per heavy atom. The van der Waals surface area contributed by atoms with Gasteiger partial charge in [-0.25, -0.2) is 0 Å². The maximum Gasteiger partial charge on any atom is 0.123 e. The van der Waals surface area contributed by atoms with Crippen molar-refractivity contribution >= 4 is 15.9 Å². The van der Waals surface area contributed by atoms with Crippen LogP contribution >= 0.6 is 15.9 Å². The molecule has 0 saturated carbocycles. The number of hydrogen-bond acceptors (Lipinski definition) is 2. The van der Waals surface area contributed by atoms with Gasteiger partial charge in [-0.2, -0.15) is 0 Å². The van der Waals surface area contributed by atoms with E-state index in [0.29, 0.717) is 5.92 Å². The highest BCUT2D eigenvalue weighted by Gasteiger charge is 2.15. The molecule has 0 amide bonds. The van der Waals surface area contributed by atoms with Crippen molar-refractivity contribution in [3.8, 4) is 5.75 Å². The van der Waals surface area contributed by atoms with Crippen molar-refractivity contribution in [1.29, 1.82) is 0 Å². The van der Waals surface area contributed by atoms with E-state index >= 15 is 0 Å². The fourth-order valence-corrected chi connectivity index (χ4v) is 2.42. The lowest BCUT2D eigenvalue weighted by atomic mass is 10.0. The molecule has 1 aromatic carbocycles. The fourth-order valence-electron chi connectivity index (χ4n) is 2.08. The first kappa shape index (κ1) is 12.9. The van der Waals surface area contributed by atoms with Crippen LogP contribution in [0.3, 0.4) is 0 Å². The minimum absolute atomic E-state index is 0.646. The molecule has 1 heterocycles. The van der Waals surface area contributed by atoms with Crippen LogP contribution in [0.4, 0.5) is 0 Å². The van der Waals surface area contributed by atoms with Gasteiger partial charge < -0.3 is 9.47 Å². The van der Waals surface area contributed by atoms with Crippen LogP contribution in [0.5, 0.6) is 5.75 Å². The minimum Gasteiger partial charge on any atom is -0.493 e. The number of hydrogen-bond donors (Lipinski definition) is 0. The molecule has 1 aliphatic rings. The summed E-state index contributed by atoms with van der Waals surface area (Å²) in [6, 6.07) is 6.27. The second-order valence-corrected chi connectivity index (χ2v) is 5.39. The van der Waals surface area contributed by atoms with Crippen LogP contribution < -0.4 is 4.74 Å². The molecular formula is C14H19BrO2. The van der Waals surface area contributed by atoms with Crippen LogP contribution in [0.25, 0.3) is 0 Å². The summed E-state index contributed by atoms with van der Waals surface area (Å²) < 4.78 is 12.4. The largest absolute Gasteiger partial charge is 0.493 e. The molecule has 94 valence electrons. The Hall–Kier alpha value is -0.540. The number of ether oxygens (including phenoxy) is 2. The first-order valence-electron chi connectivity index (χ1n) is 6.28. The van der Waals surface area contributed by atoms with Gasteiger partial charge in [0, 0.05) is 17.7 Å². The van der Waals surface area contributed by atoms with Gasteiger partial charge >= 0.3 is 0 Å². The lowest BCUT2D eigenvalue weighted by Gasteiger charge is -2.22. The summed E-state index contributed by atoms with van der Waals surface area (Å²) in [6.07, 6.45) is 3.25. The third-order valence-corrected chi connectivity index (χ3v) is 3.72. The molecule has 2 rings (SSSR count). The third kappa shape index (κ3) is 3.71. The highest BCUT2D eigenvalue weighted by molar-refractivity contribution is 9.10. The zero-order valence-corrected chi connectivity index (χ0v) is 11.8. The number of halogens is 1. The van der Waals surface area contributed by atoms with Gasteiger partial charge in [-0.15, -0.1) is 0 Å². The van der Waals surface area contributed by atoms with Crippen LogP contribution in [-0.4, -0.2) is 19.8 Å². The average Bonchev–Trinajstić information content (AvgIpc) is 2.38. The van der Waals surface area contributed by atoms with Crippen LogP contribution in [0, 0.1) is 5.92 Å². The standard InChI is InChI=1S/C14H19BrO2/c1-2-12-3-4-13(15)9-14(12)17-10-11-5-7-16-8-6-11/h3-4,9,11H,2,5-8,10H2,1H3. The van der Waals surface area contributed by atoms with Gasteiger partial charge in [0.1, 0.15) is 5.75 Å². The molecular weight excluding hydrogens is 280 g/mol. The molecule has 0 N–H and O–H groups in total. The maximum absolute atomic E-state index is 5.96. The molecule has 0 aromatic heterocycles. The molecule has 0 bridgehead atoms. The van der Waals surface area contributed by atoms with E-state index in [1.807, 2.05) is 0 Å². The predicted octanol–water partition coefficient (Wildman–Crippen LogP) is 3.82. The molecule has 0 atom stereocenters. The van der Waals surface area contributed by atoms with Gasteiger partial charge in [0.15, 0.2) is 0 Å². The molecule has 1 aliphatic heterocycles. The van der Waals surface area contributed by atoms with E-state index in [1.54, 1.807) is 0 Å². The number of rotatable bonds is 4. The van der Waals surface area contributed by atoms with Gasteiger partial charge in [-0.3, -0.25) is 0 Å². The van der Waals surface area contributed by atoms with Gasteiger partial charge in [0.05, 0.1) is 6.61 Å². The Bertz CT molecular complexity index is 359. The molecule has 1 aromatic rings. The monoisotopic (exact) mass is 298 g/mol. The van der Waals surface area contributed by atoms with Gasteiger partial charge in [0.2, 0.25) is 0 Å². The fraction of sp³-hybridized carbons (Fsp3) is 0.571. The molecule has 17 heavy (non-hydrogen) atoms. The van der Waals surface area contributed by atoms with E-state index in [-0.39, 0.29) is 0 Å². The summed E-state index contributed by atoms with van der Waals surface area (Å²) >= 11 is 3.49. The highest BCUT2D eigenvalue weighted by atomic mass is 79.9. The van der Waals surface area contributed by atoms with Gasteiger partial charge in [0.25, 0.3) is 0 Å². The zero-order valence-electron chi connectivity index (χ0n) is 10.2. The third-order valence-electron chi connectivity index (χ3n) is 3.23. The number of benzene rings is 1. The maximum atomic E-state index is 5.96. The van der Waals surface area contributed by atoms with Crippen molar-refractivity contribution in [1.82, 2.24) is 0 Å². The van der Waals surface area contributed by atoms with E-state index in [0.717, 1.165) is 49.3 Å². The first-order chi connectivity index (χ1) is 8.29. The molecule has 0 unspecified atom stereocenters. The van der Waals surface area contributed by atoms with Crippen molar-refractivity contribution in [2.45, 2.75) is 26.2 Å². The van der Waals surface area contributed by atoms with Gasteiger partial charge in [-0.1, -0.05) is 28.9 Å². The summed E-state index contributed by atoms with van der Waals surface area (Å²) in [4.78, 5) is 0. The zero-order chi connectivity index (χ0) is 12.1. The Kier molecular flexibility index (Phi) is 4.86.